The van der Waals surface area contributed by atoms with Crippen LogP contribution in [0.15, 0.2) is 42.5 Å². The summed E-state index contributed by atoms with van der Waals surface area (Å²) >= 11 is 0. The van der Waals surface area contributed by atoms with Crippen molar-refractivity contribution in [1.82, 2.24) is 9.97 Å². The van der Waals surface area contributed by atoms with Crippen LogP contribution in [0.5, 0.6) is 0 Å². The van der Waals surface area contributed by atoms with Gasteiger partial charge in [0, 0.05) is 29.2 Å². The molecule has 0 fully saturated rings. The first-order valence-electron chi connectivity index (χ1n) is 7.83. The number of hydrogen-bond acceptors (Lipinski definition) is 4. The van der Waals surface area contributed by atoms with Gasteiger partial charge in [-0.25, -0.2) is 13.8 Å². The van der Waals surface area contributed by atoms with Crippen molar-refractivity contribution in [3.63, 3.8) is 0 Å². The van der Waals surface area contributed by atoms with Crippen molar-refractivity contribution in [3.8, 4) is 0 Å². The smallest absolute Gasteiger partial charge is 0.229 e. The molecule has 0 aliphatic rings. The third kappa shape index (κ3) is 4.09. The summed E-state index contributed by atoms with van der Waals surface area (Å²) in [4.78, 5) is 8.74. The number of benzene rings is 2. The van der Waals surface area contributed by atoms with Crippen molar-refractivity contribution in [2.45, 2.75) is 20.8 Å². The van der Waals surface area contributed by atoms with Crippen molar-refractivity contribution < 1.29 is 8.78 Å². The summed E-state index contributed by atoms with van der Waals surface area (Å²) in [6, 6.07) is 11.3. The SMILES string of the molecule is Cc1cc(Nc2ccc(F)c(F)c2)nc(Nc2ccc(C)c(C)c2)n1. The van der Waals surface area contributed by atoms with Crippen LogP contribution in [0.1, 0.15) is 16.8 Å². The Balaban J connectivity index is 1.84. The van der Waals surface area contributed by atoms with Crippen LogP contribution in [0.25, 0.3) is 0 Å². The molecule has 0 aliphatic carbocycles. The molecule has 4 nitrogen and oxygen atoms in total. The molecule has 128 valence electrons. The number of hydrogen-bond donors (Lipinski definition) is 2. The molecule has 0 atom stereocenters. The number of aryl methyl sites for hydroxylation is 3. The molecule has 2 aromatic carbocycles. The number of halogens is 2. The fourth-order valence-corrected chi connectivity index (χ4v) is 2.36. The Bertz CT molecular complexity index is 854. The van der Waals surface area contributed by atoms with E-state index in [1.807, 2.05) is 39.0 Å². The van der Waals surface area contributed by atoms with Crippen LogP contribution in [0.3, 0.4) is 0 Å². The lowest BCUT2D eigenvalue weighted by molar-refractivity contribution is 0.509. The highest BCUT2D eigenvalue weighted by Gasteiger charge is 2.07. The molecular weight excluding hydrogens is 322 g/mol. The number of aromatic nitrogens is 2. The molecule has 2 N–H and O–H groups in total. The molecule has 0 spiro atoms. The summed E-state index contributed by atoms with van der Waals surface area (Å²) in [7, 11) is 0. The van der Waals surface area contributed by atoms with Crippen molar-refractivity contribution >= 4 is 23.1 Å². The lowest BCUT2D eigenvalue weighted by Crippen LogP contribution is -2.03. The van der Waals surface area contributed by atoms with Crippen LogP contribution in [-0.2, 0) is 0 Å². The van der Waals surface area contributed by atoms with Gasteiger partial charge in [0.15, 0.2) is 11.6 Å². The topological polar surface area (TPSA) is 49.8 Å². The number of anilines is 4. The maximum Gasteiger partial charge on any atom is 0.229 e. The Morgan fingerprint density at radius 2 is 1.44 bits per heavy atom. The van der Waals surface area contributed by atoms with Gasteiger partial charge in [0.1, 0.15) is 5.82 Å². The van der Waals surface area contributed by atoms with Gasteiger partial charge in [-0.3, -0.25) is 0 Å². The molecule has 0 aliphatic heterocycles. The molecule has 0 saturated heterocycles. The maximum atomic E-state index is 13.3. The Morgan fingerprint density at radius 1 is 0.720 bits per heavy atom. The lowest BCUT2D eigenvalue weighted by Gasteiger charge is -2.11. The summed E-state index contributed by atoms with van der Waals surface area (Å²) in [5, 5.41) is 6.12. The zero-order valence-corrected chi connectivity index (χ0v) is 14.2. The zero-order chi connectivity index (χ0) is 18.0. The van der Waals surface area contributed by atoms with E-state index in [0.717, 1.165) is 29.1 Å². The third-order valence-corrected chi connectivity index (χ3v) is 3.81. The first-order valence-corrected chi connectivity index (χ1v) is 7.83. The molecule has 1 heterocycles. The highest BCUT2D eigenvalue weighted by molar-refractivity contribution is 5.61. The highest BCUT2D eigenvalue weighted by Crippen LogP contribution is 2.21. The first kappa shape index (κ1) is 16.8. The number of nitrogens with zero attached hydrogens (tertiary/aromatic N) is 2. The van der Waals surface area contributed by atoms with Crippen LogP contribution < -0.4 is 10.6 Å². The van der Waals surface area contributed by atoms with Gasteiger partial charge >= 0.3 is 0 Å². The second-order valence-electron chi connectivity index (χ2n) is 5.90. The van der Waals surface area contributed by atoms with Gasteiger partial charge in [0.25, 0.3) is 0 Å². The Morgan fingerprint density at radius 3 is 2.16 bits per heavy atom. The number of rotatable bonds is 4. The van der Waals surface area contributed by atoms with E-state index in [0.29, 0.717) is 17.5 Å². The van der Waals surface area contributed by atoms with Gasteiger partial charge in [-0.1, -0.05) is 6.07 Å². The van der Waals surface area contributed by atoms with E-state index < -0.39 is 11.6 Å². The van der Waals surface area contributed by atoms with E-state index in [4.69, 9.17) is 0 Å². The summed E-state index contributed by atoms with van der Waals surface area (Å²) in [6.45, 7) is 5.92. The fraction of sp³-hybridized carbons (Fsp3) is 0.158. The van der Waals surface area contributed by atoms with Crippen molar-refractivity contribution in [1.29, 1.82) is 0 Å². The van der Waals surface area contributed by atoms with Crippen molar-refractivity contribution in [3.05, 3.63) is 70.9 Å². The van der Waals surface area contributed by atoms with Crippen LogP contribution >= 0.6 is 0 Å². The summed E-state index contributed by atoms with van der Waals surface area (Å²) in [6.07, 6.45) is 0. The minimum atomic E-state index is -0.913. The molecule has 3 aromatic rings. The van der Waals surface area contributed by atoms with Gasteiger partial charge in [0.2, 0.25) is 5.95 Å². The molecule has 0 amide bonds. The average molecular weight is 340 g/mol. The second-order valence-corrected chi connectivity index (χ2v) is 5.90. The Hall–Kier alpha value is -3.02. The minimum Gasteiger partial charge on any atom is -0.340 e. The van der Waals surface area contributed by atoms with Crippen LogP contribution in [-0.4, -0.2) is 9.97 Å². The standard InChI is InChI=1S/C19H18F2N4/c1-11-4-5-14(8-12(11)2)24-19-22-13(3)9-18(25-19)23-15-6-7-16(20)17(21)10-15/h4-10H,1-3H3,(H2,22,23,24,25). The molecule has 1 aromatic heterocycles. The number of nitrogens with one attached hydrogen (secondary N) is 2. The largest absolute Gasteiger partial charge is 0.340 e. The predicted octanol–water partition coefficient (Wildman–Crippen LogP) is 5.17. The van der Waals surface area contributed by atoms with Gasteiger partial charge in [0.05, 0.1) is 0 Å². The Labute approximate surface area is 145 Å². The van der Waals surface area contributed by atoms with E-state index in [9.17, 15) is 8.78 Å². The normalized spacial score (nSPS) is 10.6. The quantitative estimate of drug-likeness (QED) is 0.688. The van der Waals surface area contributed by atoms with E-state index in [1.165, 1.54) is 11.6 Å². The maximum absolute atomic E-state index is 13.3. The molecule has 25 heavy (non-hydrogen) atoms. The van der Waals surface area contributed by atoms with Crippen molar-refractivity contribution in [2.75, 3.05) is 10.6 Å². The molecule has 0 bridgehead atoms. The zero-order valence-electron chi connectivity index (χ0n) is 14.2. The Kier molecular flexibility index (Phi) is 4.61. The van der Waals surface area contributed by atoms with Crippen molar-refractivity contribution in [2.24, 2.45) is 0 Å². The van der Waals surface area contributed by atoms with E-state index >= 15 is 0 Å². The van der Waals surface area contributed by atoms with E-state index in [-0.39, 0.29) is 0 Å². The van der Waals surface area contributed by atoms with E-state index in [1.54, 1.807) is 6.07 Å². The van der Waals surface area contributed by atoms with Gasteiger partial charge in [-0.05, 0) is 56.2 Å². The minimum absolute atomic E-state index is 0.411. The third-order valence-electron chi connectivity index (χ3n) is 3.81. The molecule has 0 radical (unpaired) electrons. The molecule has 0 saturated carbocycles. The summed E-state index contributed by atoms with van der Waals surface area (Å²) in [5.41, 5.74) is 4.40. The molecule has 3 rings (SSSR count). The van der Waals surface area contributed by atoms with Gasteiger partial charge in [-0.15, -0.1) is 0 Å². The highest BCUT2D eigenvalue weighted by atomic mass is 19.2. The van der Waals surface area contributed by atoms with Gasteiger partial charge in [-0.2, -0.15) is 4.98 Å². The van der Waals surface area contributed by atoms with Crippen LogP contribution in [0.2, 0.25) is 0 Å². The molecular formula is C19H18F2N4. The van der Waals surface area contributed by atoms with Gasteiger partial charge < -0.3 is 10.6 Å². The summed E-state index contributed by atoms with van der Waals surface area (Å²) in [5.74, 6) is -0.885. The lowest BCUT2D eigenvalue weighted by atomic mass is 10.1. The average Bonchev–Trinajstić information content (AvgIpc) is 2.54. The molecule has 6 heteroatoms. The fourth-order valence-electron chi connectivity index (χ4n) is 2.36. The predicted molar refractivity (Wildman–Crippen MR) is 95.6 cm³/mol. The monoisotopic (exact) mass is 340 g/mol. The van der Waals surface area contributed by atoms with Crippen LogP contribution in [0, 0.1) is 32.4 Å². The van der Waals surface area contributed by atoms with E-state index in [2.05, 4.69) is 20.6 Å². The summed E-state index contributed by atoms with van der Waals surface area (Å²) < 4.78 is 26.4. The van der Waals surface area contributed by atoms with Crippen LogP contribution in [0.4, 0.5) is 31.9 Å². The first-order chi connectivity index (χ1) is 11.9. The second kappa shape index (κ2) is 6.84. The molecule has 0 unspecified atom stereocenters.